The van der Waals surface area contributed by atoms with E-state index in [0.717, 1.165) is 18.4 Å². The summed E-state index contributed by atoms with van der Waals surface area (Å²) in [5.74, 6) is 0.0217. The first kappa shape index (κ1) is 9.21. The molecule has 1 amide bonds. The molecule has 0 unspecified atom stereocenters. The van der Waals surface area contributed by atoms with Gasteiger partial charge in [-0.15, -0.1) is 0 Å². The molecule has 2 nitrogen and oxygen atoms in total. The van der Waals surface area contributed by atoms with Crippen LogP contribution in [-0.2, 0) is 4.79 Å². The van der Waals surface area contributed by atoms with Crippen LogP contribution in [0.2, 0.25) is 0 Å². The van der Waals surface area contributed by atoms with Gasteiger partial charge in [-0.05, 0) is 13.3 Å². The summed E-state index contributed by atoms with van der Waals surface area (Å²) in [7, 11) is 1.64. The third kappa shape index (κ3) is 3.28. The van der Waals surface area contributed by atoms with Crippen LogP contribution in [-0.4, -0.2) is 13.0 Å². The van der Waals surface area contributed by atoms with E-state index in [1.807, 2.05) is 13.0 Å². The van der Waals surface area contributed by atoms with Crippen molar-refractivity contribution in [3.8, 4) is 0 Å². The molecule has 10 heavy (non-hydrogen) atoms. The highest BCUT2D eigenvalue weighted by Gasteiger charge is 1.97. The van der Waals surface area contributed by atoms with E-state index < -0.39 is 0 Å². The smallest absolute Gasteiger partial charge is 0.246 e. The Morgan fingerprint density at radius 2 is 2.20 bits per heavy atom. The van der Waals surface area contributed by atoms with E-state index >= 15 is 0 Å². The standard InChI is InChI=1S/C8H15NO/c1-4-5-6-7(2)8(10)9-3/h6H,4-5H2,1-3H3,(H,9,10). The van der Waals surface area contributed by atoms with E-state index in [0.29, 0.717) is 0 Å². The van der Waals surface area contributed by atoms with Crippen LogP contribution in [0.25, 0.3) is 0 Å². The van der Waals surface area contributed by atoms with Crippen molar-refractivity contribution in [1.82, 2.24) is 5.32 Å². The third-order valence-electron chi connectivity index (χ3n) is 1.32. The SMILES string of the molecule is CCCC=C(C)C(=O)NC. The highest BCUT2D eigenvalue weighted by molar-refractivity contribution is 5.92. The highest BCUT2D eigenvalue weighted by Crippen LogP contribution is 1.96. The van der Waals surface area contributed by atoms with Gasteiger partial charge in [0.1, 0.15) is 0 Å². The Labute approximate surface area is 62.3 Å². The number of unbranched alkanes of at least 4 members (excludes halogenated alkanes) is 1. The number of amides is 1. The van der Waals surface area contributed by atoms with E-state index in [1.165, 1.54) is 0 Å². The second kappa shape index (κ2) is 5.03. The van der Waals surface area contributed by atoms with Crippen molar-refractivity contribution in [3.05, 3.63) is 11.6 Å². The molecule has 0 aromatic heterocycles. The molecule has 0 saturated carbocycles. The number of carbonyl (C=O) groups excluding carboxylic acids is 1. The average molecular weight is 141 g/mol. The Kier molecular flexibility index (Phi) is 4.63. The molecule has 0 fully saturated rings. The topological polar surface area (TPSA) is 29.1 Å². The van der Waals surface area contributed by atoms with Gasteiger partial charge < -0.3 is 5.32 Å². The lowest BCUT2D eigenvalue weighted by molar-refractivity contribution is -0.117. The molecule has 0 bridgehead atoms. The normalized spacial score (nSPS) is 11.3. The number of nitrogens with one attached hydrogen (secondary N) is 1. The van der Waals surface area contributed by atoms with Crippen molar-refractivity contribution in [2.75, 3.05) is 7.05 Å². The van der Waals surface area contributed by atoms with E-state index in [-0.39, 0.29) is 5.91 Å². The van der Waals surface area contributed by atoms with E-state index in [2.05, 4.69) is 12.2 Å². The Morgan fingerprint density at radius 3 is 2.60 bits per heavy atom. The molecule has 0 atom stereocenters. The van der Waals surface area contributed by atoms with Gasteiger partial charge in [0.2, 0.25) is 5.91 Å². The number of allylic oxidation sites excluding steroid dienone is 1. The van der Waals surface area contributed by atoms with Gasteiger partial charge in [0.25, 0.3) is 0 Å². The molecule has 0 aromatic rings. The van der Waals surface area contributed by atoms with Crippen molar-refractivity contribution >= 4 is 5.91 Å². The summed E-state index contributed by atoms with van der Waals surface area (Å²) in [4.78, 5) is 10.8. The molecule has 58 valence electrons. The van der Waals surface area contributed by atoms with Crippen LogP contribution in [0.15, 0.2) is 11.6 Å². The highest BCUT2D eigenvalue weighted by atomic mass is 16.1. The molecular weight excluding hydrogens is 126 g/mol. The molecule has 2 heteroatoms. The van der Waals surface area contributed by atoms with Crippen molar-refractivity contribution in [3.63, 3.8) is 0 Å². The van der Waals surface area contributed by atoms with Crippen molar-refractivity contribution in [2.45, 2.75) is 26.7 Å². The molecular formula is C8H15NO. The van der Waals surface area contributed by atoms with Crippen molar-refractivity contribution < 1.29 is 4.79 Å². The molecule has 1 N–H and O–H groups in total. The summed E-state index contributed by atoms with van der Waals surface area (Å²) in [5, 5.41) is 2.57. The zero-order valence-corrected chi connectivity index (χ0v) is 6.90. The molecule has 0 aromatic carbocycles. The molecule has 0 spiro atoms. The fraction of sp³-hybridized carbons (Fsp3) is 0.625. The van der Waals surface area contributed by atoms with Crippen LogP contribution in [0, 0.1) is 0 Å². The Hall–Kier alpha value is -0.790. The lowest BCUT2D eigenvalue weighted by Crippen LogP contribution is -2.18. The number of carbonyl (C=O) groups is 1. The molecule has 0 aliphatic rings. The maximum atomic E-state index is 10.8. The average Bonchev–Trinajstić information content (AvgIpc) is 1.98. The molecule has 0 saturated heterocycles. The van der Waals surface area contributed by atoms with Gasteiger partial charge >= 0.3 is 0 Å². The summed E-state index contributed by atoms with van der Waals surface area (Å²) in [6.45, 7) is 3.92. The second-order valence-electron chi connectivity index (χ2n) is 2.25. The monoisotopic (exact) mass is 141 g/mol. The second-order valence-corrected chi connectivity index (χ2v) is 2.25. The number of rotatable bonds is 3. The number of likely N-dealkylation sites (N-methyl/N-ethyl adjacent to an activating group) is 1. The Morgan fingerprint density at radius 1 is 1.60 bits per heavy atom. The van der Waals surface area contributed by atoms with E-state index in [4.69, 9.17) is 0 Å². The first-order valence-corrected chi connectivity index (χ1v) is 3.61. The largest absolute Gasteiger partial charge is 0.355 e. The molecule has 0 heterocycles. The minimum Gasteiger partial charge on any atom is -0.355 e. The summed E-state index contributed by atoms with van der Waals surface area (Å²) >= 11 is 0. The van der Waals surface area contributed by atoms with Gasteiger partial charge in [-0.3, -0.25) is 4.79 Å². The van der Waals surface area contributed by atoms with Crippen molar-refractivity contribution in [2.24, 2.45) is 0 Å². The van der Waals surface area contributed by atoms with Crippen LogP contribution < -0.4 is 5.32 Å². The van der Waals surface area contributed by atoms with Crippen molar-refractivity contribution in [1.29, 1.82) is 0 Å². The van der Waals surface area contributed by atoms with Crippen LogP contribution in [0.4, 0.5) is 0 Å². The van der Waals surface area contributed by atoms with Gasteiger partial charge in [0, 0.05) is 12.6 Å². The number of hydrogen-bond donors (Lipinski definition) is 1. The first-order valence-electron chi connectivity index (χ1n) is 3.61. The zero-order chi connectivity index (χ0) is 7.98. The van der Waals surface area contributed by atoms with Crippen LogP contribution in [0.1, 0.15) is 26.7 Å². The van der Waals surface area contributed by atoms with Crippen LogP contribution >= 0.6 is 0 Å². The Bertz CT molecular complexity index is 138. The van der Waals surface area contributed by atoms with Gasteiger partial charge in [-0.2, -0.15) is 0 Å². The molecule has 0 radical (unpaired) electrons. The minimum absolute atomic E-state index is 0.0217. The lowest BCUT2D eigenvalue weighted by atomic mass is 10.2. The predicted octanol–water partition coefficient (Wildman–Crippen LogP) is 1.48. The first-order chi connectivity index (χ1) is 4.72. The quantitative estimate of drug-likeness (QED) is 0.592. The van der Waals surface area contributed by atoms with Gasteiger partial charge in [0.15, 0.2) is 0 Å². The van der Waals surface area contributed by atoms with Crippen LogP contribution in [0.5, 0.6) is 0 Å². The fourth-order valence-corrected chi connectivity index (χ4v) is 0.651. The van der Waals surface area contributed by atoms with Crippen LogP contribution in [0.3, 0.4) is 0 Å². The van der Waals surface area contributed by atoms with Gasteiger partial charge in [0.05, 0.1) is 0 Å². The molecule has 0 aliphatic carbocycles. The maximum absolute atomic E-state index is 10.8. The van der Waals surface area contributed by atoms with Gasteiger partial charge in [-0.1, -0.05) is 19.4 Å². The van der Waals surface area contributed by atoms with Gasteiger partial charge in [-0.25, -0.2) is 0 Å². The molecule has 0 rings (SSSR count). The fourth-order valence-electron chi connectivity index (χ4n) is 0.651. The number of hydrogen-bond acceptors (Lipinski definition) is 1. The Balaban J connectivity index is 3.80. The third-order valence-corrected chi connectivity index (χ3v) is 1.32. The maximum Gasteiger partial charge on any atom is 0.246 e. The lowest BCUT2D eigenvalue weighted by Gasteiger charge is -1.97. The van der Waals surface area contributed by atoms with E-state index in [9.17, 15) is 4.79 Å². The summed E-state index contributed by atoms with van der Waals surface area (Å²) in [6.07, 6.45) is 4.03. The minimum atomic E-state index is 0.0217. The predicted molar refractivity (Wildman–Crippen MR) is 42.7 cm³/mol. The van der Waals surface area contributed by atoms with E-state index in [1.54, 1.807) is 7.05 Å². The zero-order valence-electron chi connectivity index (χ0n) is 6.90. The summed E-state index contributed by atoms with van der Waals surface area (Å²) in [6, 6.07) is 0. The molecule has 0 aliphatic heterocycles. The summed E-state index contributed by atoms with van der Waals surface area (Å²) < 4.78 is 0. The summed E-state index contributed by atoms with van der Waals surface area (Å²) in [5.41, 5.74) is 0.810.